The fraction of sp³-hybridized carbons (Fsp3) is 1.00. The number of hydrogen-bond acceptors (Lipinski definition) is 5. The van der Waals surface area contributed by atoms with E-state index in [1.807, 2.05) is 0 Å². The maximum Gasteiger partial charge on any atom is 0.175 e. The fourth-order valence-electron chi connectivity index (χ4n) is 1.71. The minimum atomic E-state index is -0.693. The summed E-state index contributed by atoms with van der Waals surface area (Å²) in [6.07, 6.45) is -1.69. The van der Waals surface area contributed by atoms with E-state index in [2.05, 4.69) is 0 Å². The molecule has 5 heteroatoms. The van der Waals surface area contributed by atoms with Gasteiger partial charge in [0.25, 0.3) is 0 Å². The fourth-order valence-corrected chi connectivity index (χ4v) is 1.71. The lowest BCUT2D eigenvalue weighted by molar-refractivity contribution is -0.185. The van der Waals surface area contributed by atoms with Gasteiger partial charge < -0.3 is 25.1 Å². The first kappa shape index (κ1) is 8.40. The lowest BCUT2D eigenvalue weighted by Gasteiger charge is -2.35. The van der Waals surface area contributed by atoms with E-state index in [1.54, 1.807) is 0 Å². The van der Waals surface area contributed by atoms with Gasteiger partial charge in [0, 0.05) is 7.11 Å². The molecule has 70 valence electrons. The number of fused-ring (bicyclic) bond motifs is 2. The Labute approximate surface area is 70.4 Å². The first-order valence-electron chi connectivity index (χ1n) is 3.97. The van der Waals surface area contributed by atoms with Crippen molar-refractivity contribution < 1.29 is 19.3 Å². The predicted octanol–water partition coefficient (Wildman–Crippen LogP) is -1.56. The van der Waals surface area contributed by atoms with Crippen LogP contribution in [0.1, 0.15) is 0 Å². The van der Waals surface area contributed by atoms with Crippen LogP contribution in [0.15, 0.2) is 0 Å². The Balaban J connectivity index is 2.14. The van der Waals surface area contributed by atoms with Crippen molar-refractivity contribution in [3.63, 3.8) is 0 Å². The molecule has 2 fully saturated rings. The minimum absolute atomic E-state index is 0.171. The molecule has 5 nitrogen and oxygen atoms in total. The summed E-state index contributed by atoms with van der Waals surface area (Å²) in [5.74, 6) is 0. The van der Waals surface area contributed by atoms with Gasteiger partial charge >= 0.3 is 0 Å². The first-order valence-corrected chi connectivity index (χ1v) is 3.97. The van der Waals surface area contributed by atoms with Crippen molar-refractivity contribution in [1.82, 2.24) is 0 Å². The van der Waals surface area contributed by atoms with E-state index < -0.39 is 18.4 Å². The predicted molar refractivity (Wildman–Crippen MR) is 39.4 cm³/mol. The summed E-state index contributed by atoms with van der Waals surface area (Å²) in [6.45, 7) is 0.452. The summed E-state index contributed by atoms with van der Waals surface area (Å²) in [6, 6.07) is -0.506. The van der Waals surface area contributed by atoms with Crippen LogP contribution in [0, 0.1) is 0 Å². The molecule has 2 heterocycles. The molecule has 2 aliphatic heterocycles. The van der Waals surface area contributed by atoms with Gasteiger partial charge in [-0.1, -0.05) is 0 Å². The zero-order valence-corrected chi connectivity index (χ0v) is 6.84. The second-order valence-electron chi connectivity index (χ2n) is 3.14. The Kier molecular flexibility index (Phi) is 2.05. The molecule has 0 aromatic heterocycles. The summed E-state index contributed by atoms with van der Waals surface area (Å²) in [4.78, 5) is 0. The van der Waals surface area contributed by atoms with Gasteiger partial charge in [0.2, 0.25) is 0 Å². The van der Waals surface area contributed by atoms with Crippen LogP contribution in [0.3, 0.4) is 0 Å². The van der Waals surface area contributed by atoms with Gasteiger partial charge in [-0.25, -0.2) is 0 Å². The number of methoxy groups -OCH3 is 1. The number of nitrogens with two attached hydrogens (primary N) is 1. The number of rotatable bonds is 1. The van der Waals surface area contributed by atoms with Crippen LogP contribution in [0.4, 0.5) is 0 Å². The van der Waals surface area contributed by atoms with Crippen molar-refractivity contribution in [2.45, 2.75) is 30.6 Å². The van der Waals surface area contributed by atoms with E-state index in [1.165, 1.54) is 7.11 Å². The molecule has 0 radical (unpaired) electrons. The topological polar surface area (TPSA) is 73.9 Å². The van der Waals surface area contributed by atoms with Crippen LogP contribution in [-0.4, -0.2) is 49.5 Å². The van der Waals surface area contributed by atoms with Crippen LogP contribution in [0.5, 0.6) is 0 Å². The lowest BCUT2D eigenvalue weighted by atomic mass is 10.00. The van der Waals surface area contributed by atoms with Crippen molar-refractivity contribution in [2.75, 3.05) is 13.7 Å². The molecule has 2 rings (SSSR count). The van der Waals surface area contributed by atoms with E-state index >= 15 is 0 Å². The van der Waals surface area contributed by atoms with Crippen LogP contribution >= 0.6 is 0 Å². The third-order valence-corrected chi connectivity index (χ3v) is 2.42. The molecule has 2 bridgehead atoms. The Morgan fingerprint density at radius 3 is 3.00 bits per heavy atom. The number of hydrogen-bond donors (Lipinski definition) is 2. The normalized spacial score (nSPS) is 52.8. The van der Waals surface area contributed by atoms with E-state index in [0.717, 1.165) is 0 Å². The van der Waals surface area contributed by atoms with E-state index in [9.17, 15) is 5.11 Å². The summed E-state index contributed by atoms with van der Waals surface area (Å²) in [5, 5.41) is 9.61. The highest BCUT2D eigenvalue weighted by Crippen LogP contribution is 2.28. The van der Waals surface area contributed by atoms with Crippen LogP contribution < -0.4 is 5.73 Å². The largest absolute Gasteiger partial charge is 0.388 e. The van der Waals surface area contributed by atoms with Crippen LogP contribution in [-0.2, 0) is 14.2 Å². The third-order valence-electron chi connectivity index (χ3n) is 2.42. The van der Waals surface area contributed by atoms with E-state index in [0.29, 0.717) is 6.61 Å². The van der Waals surface area contributed by atoms with Gasteiger partial charge in [0.05, 0.1) is 12.6 Å². The lowest BCUT2D eigenvalue weighted by Crippen LogP contribution is -2.58. The Bertz CT molecular complexity index is 177. The molecule has 2 saturated heterocycles. The van der Waals surface area contributed by atoms with Gasteiger partial charge in [-0.2, -0.15) is 0 Å². The first-order chi connectivity index (χ1) is 5.74. The van der Waals surface area contributed by atoms with Crippen molar-refractivity contribution in [3.05, 3.63) is 0 Å². The molecule has 0 saturated carbocycles. The molecule has 0 aromatic carbocycles. The Morgan fingerprint density at radius 2 is 2.33 bits per heavy atom. The minimum Gasteiger partial charge on any atom is -0.388 e. The highest BCUT2D eigenvalue weighted by atomic mass is 16.7. The second kappa shape index (κ2) is 2.93. The number of aliphatic hydroxyl groups is 1. The van der Waals surface area contributed by atoms with Crippen molar-refractivity contribution in [1.29, 1.82) is 0 Å². The molecule has 3 N–H and O–H groups in total. The summed E-state index contributed by atoms with van der Waals surface area (Å²) in [5.41, 5.74) is 5.65. The quantitative estimate of drug-likeness (QED) is 0.504. The third kappa shape index (κ3) is 1.06. The average Bonchev–Trinajstić information content (AvgIpc) is 2.49. The average molecular weight is 175 g/mol. The maximum atomic E-state index is 9.61. The van der Waals surface area contributed by atoms with E-state index in [4.69, 9.17) is 19.9 Å². The van der Waals surface area contributed by atoms with Gasteiger partial charge in [0.1, 0.15) is 18.3 Å². The van der Waals surface area contributed by atoms with Crippen LogP contribution in [0.25, 0.3) is 0 Å². The summed E-state index contributed by atoms with van der Waals surface area (Å²) in [7, 11) is 1.53. The van der Waals surface area contributed by atoms with Gasteiger partial charge in [-0.15, -0.1) is 0 Å². The molecular formula is C7H13NO4. The summed E-state index contributed by atoms with van der Waals surface area (Å²) < 4.78 is 15.6. The standard InChI is InChI=1S/C7H13NO4/c1-10-6-3-2-11-7(12-3)4(8)5(6)9/h3-7,9H,2,8H2,1H3/t3-,4+,5-,6-,7-/m1/s1. The molecular weight excluding hydrogens is 162 g/mol. The summed E-state index contributed by atoms with van der Waals surface area (Å²) >= 11 is 0. The Morgan fingerprint density at radius 1 is 1.58 bits per heavy atom. The molecule has 0 unspecified atom stereocenters. The molecule has 0 amide bonds. The van der Waals surface area contributed by atoms with Crippen LogP contribution in [0.2, 0.25) is 0 Å². The molecule has 0 aromatic rings. The SMILES string of the molecule is CO[C@H]1[C@H](O)[C@H](N)[C@@H]2OC[C@H]1O2. The Hall–Kier alpha value is -0.200. The zero-order valence-electron chi connectivity index (χ0n) is 6.84. The number of ether oxygens (including phenoxy) is 3. The zero-order chi connectivity index (χ0) is 8.72. The second-order valence-corrected chi connectivity index (χ2v) is 3.14. The van der Waals surface area contributed by atoms with Crippen molar-refractivity contribution in [2.24, 2.45) is 5.73 Å². The van der Waals surface area contributed by atoms with Gasteiger partial charge in [-0.3, -0.25) is 0 Å². The highest BCUT2D eigenvalue weighted by molar-refractivity contribution is 4.95. The molecule has 0 spiro atoms. The highest BCUT2D eigenvalue weighted by Gasteiger charge is 2.48. The van der Waals surface area contributed by atoms with Gasteiger partial charge in [-0.05, 0) is 0 Å². The van der Waals surface area contributed by atoms with Crippen molar-refractivity contribution in [3.8, 4) is 0 Å². The van der Waals surface area contributed by atoms with Crippen molar-refractivity contribution >= 4 is 0 Å². The van der Waals surface area contributed by atoms with Gasteiger partial charge in [0.15, 0.2) is 6.29 Å². The smallest absolute Gasteiger partial charge is 0.175 e. The molecule has 2 aliphatic rings. The molecule has 0 aliphatic carbocycles. The monoisotopic (exact) mass is 175 g/mol. The molecule has 12 heavy (non-hydrogen) atoms. The molecule has 5 atom stereocenters. The number of aliphatic hydroxyl groups excluding tert-OH is 1. The maximum absolute atomic E-state index is 9.61. The van der Waals surface area contributed by atoms with E-state index in [-0.39, 0.29) is 12.2 Å².